The van der Waals surface area contributed by atoms with E-state index in [2.05, 4.69) is 81.5 Å². The summed E-state index contributed by atoms with van der Waals surface area (Å²) in [5.74, 6) is -0.377. The molecule has 0 spiro atoms. The van der Waals surface area contributed by atoms with Gasteiger partial charge in [-0.15, -0.1) is 0 Å². The van der Waals surface area contributed by atoms with Crippen LogP contribution in [0.1, 0.15) is 27.7 Å². The molecule has 0 radical (unpaired) electrons. The number of esters is 1. The van der Waals surface area contributed by atoms with Gasteiger partial charge in [0.25, 0.3) is 0 Å². The van der Waals surface area contributed by atoms with E-state index in [1.165, 1.54) is 16.2 Å². The predicted octanol–water partition coefficient (Wildman–Crippen LogP) is 5.21. The van der Waals surface area contributed by atoms with Gasteiger partial charge in [0.15, 0.2) is 0 Å². The number of carbonyl (C=O) groups is 1. The molecule has 0 saturated carbocycles. The summed E-state index contributed by atoms with van der Waals surface area (Å²) in [5, 5.41) is 2.62. The van der Waals surface area contributed by atoms with E-state index in [1.807, 2.05) is 19.1 Å². The quantitative estimate of drug-likeness (QED) is 0.498. The Morgan fingerprint density at radius 3 is 1.96 bits per heavy atom. The molecule has 1 aliphatic rings. The van der Waals surface area contributed by atoms with Gasteiger partial charge >= 0.3 is 5.97 Å². The second-order valence-corrected chi connectivity index (χ2v) is 10.6. The van der Waals surface area contributed by atoms with Crippen LogP contribution in [-0.4, -0.2) is 18.7 Å². The first kappa shape index (κ1) is 20.6. The maximum absolute atomic E-state index is 12.7. The topological polar surface area (TPSA) is 26.3 Å². The Balaban J connectivity index is 1.66. The highest BCUT2D eigenvalue weighted by Gasteiger charge is 2.29. The Kier molecular flexibility index (Phi) is 6.52. The molecule has 0 amide bonds. The molecule has 2 aromatic carbocycles. The molecule has 0 aromatic heterocycles. The average molecular weight is 392 g/mol. The Morgan fingerprint density at radius 2 is 1.50 bits per heavy atom. The fourth-order valence-corrected chi connectivity index (χ4v) is 5.52. The molecule has 2 nitrogen and oxygen atoms in total. The normalized spacial score (nSPS) is 16.7. The number of hydrogen-bond acceptors (Lipinski definition) is 2. The third-order valence-electron chi connectivity index (χ3n) is 5.03. The SMILES string of the molecule is CC1=CC(C(C)(C)C)=C[C@@H]1C(=O)OCCP(c1ccccc1)c1ccccc1. The van der Waals surface area contributed by atoms with Gasteiger partial charge in [-0.05, 0) is 36.4 Å². The lowest BCUT2D eigenvalue weighted by Crippen LogP contribution is -2.21. The van der Waals surface area contributed by atoms with Crippen molar-refractivity contribution in [3.63, 3.8) is 0 Å². The van der Waals surface area contributed by atoms with Crippen LogP contribution in [0.4, 0.5) is 0 Å². The van der Waals surface area contributed by atoms with Crippen molar-refractivity contribution < 1.29 is 9.53 Å². The maximum atomic E-state index is 12.7. The zero-order valence-electron chi connectivity index (χ0n) is 17.2. The number of benzene rings is 2. The Bertz CT molecular complexity index is 821. The first-order valence-electron chi connectivity index (χ1n) is 9.81. The van der Waals surface area contributed by atoms with Gasteiger partial charge in [-0.1, -0.05) is 99.2 Å². The zero-order chi connectivity index (χ0) is 20.1. The van der Waals surface area contributed by atoms with Crippen molar-refractivity contribution in [3.8, 4) is 0 Å². The van der Waals surface area contributed by atoms with Gasteiger partial charge in [-0.3, -0.25) is 4.79 Å². The van der Waals surface area contributed by atoms with Crippen molar-refractivity contribution in [1.82, 2.24) is 0 Å². The number of allylic oxidation sites excluding steroid dienone is 2. The molecule has 1 aliphatic carbocycles. The largest absolute Gasteiger partial charge is 0.465 e. The molecular weight excluding hydrogens is 363 g/mol. The molecule has 0 fully saturated rings. The lowest BCUT2D eigenvalue weighted by atomic mass is 9.87. The minimum atomic E-state index is -0.539. The monoisotopic (exact) mass is 392 g/mol. The van der Waals surface area contributed by atoms with Crippen molar-refractivity contribution >= 4 is 24.5 Å². The molecule has 0 bridgehead atoms. The summed E-state index contributed by atoms with van der Waals surface area (Å²) in [5.41, 5.74) is 2.33. The van der Waals surface area contributed by atoms with Crippen molar-refractivity contribution in [1.29, 1.82) is 0 Å². The van der Waals surface area contributed by atoms with Gasteiger partial charge in [0, 0.05) is 6.16 Å². The minimum absolute atomic E-state index is 0.0469. The van der Waals surface area contributed by atoms with Crippen LogP contribution < -0.4 is 10.6 Å². The fourth-order valence-electron chi connectivity index (χ4n) is 3.37. The van der Waals surface area contributed by atoms with Gasteiger partial charge < -0.3 is 4.74 Å². The summed E-state index contributed by atoms with van der Waals surface area (Å²) in [6.45, 7) is 8.97. The molecule has 28 heavy (non-hydrogen) atoms. The summed E-state index contributed by atoms with van der Waals surface area (Å²) in [6.07, 6.45) is 5.03. The van der Waals surface area contributed by atoms with Gasteiger partial charge in [-0.25, -0.2) is 0 Å². The van der Waals surface area contributed by atoms with E-state index in [1.54, 1.807) is 0 Å². The van der Waals surface area contributed by atoms with Crippen LogP contribution in [0.15, 0.2) is 84.0 Å². The molecule has 1 atom stereocenters. The molecule has 3 heteroatoms. The summed E-state index contributed by atoms with van der Waals surface area (Å²) < 4.78 is 5.72. The lowest BCUT2D eigenvalue weighted by molar-refractivity contribution is -0.144. The smallest absolute Gasteiger partial charge is 0.316 e. The highest BCUT2D eigenvalue weighted by molar-refractivity contribution is 7.73. The number of ether oxygens (including phenoxy) is 1. The van der Waals surface area contributed by atoms with Crippen LogP contribution in [-0.2, 0) is 9.53 Å². The molecule has 0 saturated heterocycles. The molecule has 146 valence electrons. The molecule has 3 rings (SSSR count). The predicted molar refractivity (Wildman–Crippen MR) is 120 cm³/mol. The average Bonchev–Trinajstić information content (AvgIpc) is 3.09. The summed E-state index contributed by atoms with van der Waals surface area (Å²) in [6, 6.07) is 21.1. The highest BCUT2D eigenvalue weighted by atomic mass is 31.1. The van der Waals surface area contributed by atoms with E-state index >= 15 is 0 Å². The Labute approximate surface area is 170 Å². The van der Waals surface area contributed by atoms with Crippen LogP contribution in [0.2, 0.25) is 0 Å². The van der Waals surface area contributed by atoms with E-state index in [-0.39, 0.29) is 17.3 Å². The van der Waals surface area contributed by atoms with E-state index in [9.17, 15) is 4.79 Å². The molecular formula is C25H29O2P. The minimum Gasteiger partial charge on any atom is -0.465 e. The molecule has 2 aromatic rings. The zero-order valence-corrected chi connectivity index (χ0v) is 18.1. The van der Waals surface area contributed by atoms with Gasteiger partial charge in [0.1, 0.15) is 0 Å². The standard InChI is InChI=1S/C25H29O2P/c1-19-17-20(25(2,3)4)18-23(19)24(26)27-15-16-28(21-11-7-5-8-12-21)22-13-9-6-10-14-22/h5-14,17-18,23H,15-16H2,1-4H3/t23-/m0/s1. The highest BCUT2D eigenvalue weighted by Crippen LogP contribution is 2.36. The van der Waals surface area contributed by atoms with Crippen LogP contribution in [0.5, 0.6) is 0 Å². The van der Waals surface area contributed by atoms with E-state index < -0.39 is 7.92 Å². The van der Waals surface area contributed by atoms with Gasteiger partial charge in [0.05, 0.1) is 12.5 Å². The summed E-state index contributed by atoms with van der Waals surface area (Å²) >= 11 is 0. The fraction of sp³-hybridized carbons (Fsp3) is 0.320. The van der Waals surface area contributed by atoms with Gasteiger partial charge in [0.2, 0.25) is 0 Å². The molecule has 0 N–H and O–H groups in total. The van der Waals surface area contributed by atoms with Crippen molar-refractivity contribution in [2.24, 2.45) is 11.3 Å². The lowest BCUT2D eigenvalue weighted by Gasteiger charge is -2.19. The van der Waals surface area contributed by atoms with Crippen molar-refractivity contribution in [3.05, 3.63) is 84.0 Å². The van der Waals surface area contributed by atoms with Crippen LogP contribution in [0.3, 0.4) is 0 Å². The van der Waals surface area contributed by atoms with Gasteiger partial charge in [-0.2, -0.15) is 0 Å². The van der Waals surface area contributed by atoms with Crippen molar-refractivity contribution in [2.45, 2.75) is 27.7 Å². The van der Waals surface area contributed by atoms with Crippen LogP contribution in [0, 0.1) is 11.3 Å². The van der Waals surface area contributed by atoms with Crippen LogP contribution in [0.25, 0.3) is 0 Å². The molecule has 0 heterocycles. The Hall–Kier alpha value is -2.18. The second kappa shape index (κ2) is 8.88. The second-order valence-electron chi connectivity index (χ2n) is 8.23. The molecule has 0 unspecified atom stereocenters. The first-order chi connectivity index (χ1) is 13.4. The summed E-state index contributed by atoms with van der Waals surface area (Å²) in [4.78, 5) is 12.7. The van der Waals surface area contributed by atoms with Crippen LogP contribution >= 0.6 is 7.92 Å². The Morgan fingerprint density at radius 1 is 0.964 bits per heavy atom. The first-order valence-corrected chi connectivity index (χ1v) is 11.3. The number of carbonyl (C=O) groups excluding carboxylic acids is 1. The number of hydrogen-bond donors (Lipinski definition) is 0. The third kappa shape index (κ3) is 5.00. The van der Waals surface area contributed by atoms with Crippen molar-refractivity contribution in [2.75, 3.05) is 12.8 Å². The van der Waals surface area contributed by atoms with E-state index in [0.717, 1.165) is 11.7 Å². The maximum Gasteiger partial charge on any atom is 0.316 e. The van der Waals surface area contributed by atoms with E-state index in [4.69, 9.17) is 4.74 Å². The number of rotatable bonds is 6. The molecule has 0 aliphatic heterocycles. The van der Waals surface area contributed by atoms with E-state index in [0.29, 0.717) is 6.61 Å². The third-order valence-corrected chi connectivity index (χ3v) is 7.51. The summed E-state index contributed by atoms with van der Waals surface area (Å²) in [7, 11) is -0.539.